The van der Waals surface area contributed by atoms with Gasteiger partial charge in [0.25, 0.3) is 0 Å². The van der Waals surface area contributed by atoms with E-state index in [2.05, 4.69) is 88.8 Å². The molecule has 1 unspecified atom stereocenters. The van der Waals surface area contributed by atoms with Crippen LogP contribution in [0.4, 0.5) is 8.78 Å². The van der Waals surface area contributed by atoms with Gasteiger partial charge in [-0.1, -0.05) is 59.9 Å². The fourth-order valence-corrected chi connectivity index (χ4v) is 7.37. The van der Waals surface area contributed by atoms with Crippen LogP contribution in [-0.4, -0.2) is 35.6 Å². The molecule has 250 valence electrons. The number of hydrogen-bond acceptors (Lipinski definition) is 3. The summed E-state index contributed by atoms with van der Waals surface area (Å²) >= 11 is 10.2. The van der Waals surface area contributed by atoms with Crippen molar-refractivity contribution >= 4 is 82.2 Å². The second kappa shape index (κ2) is 15.9. The second-order valence-electron chi connectivity index (χ2n) is 11.9. The number of likely N-dealkylation sites (N-methyl/N-ethyl adjacent to an activating group) is 1. The molecule has 0 bridgehead atoms. The number of nitrogens with two attached hydrogens (primary N) is 1. The molecule has 0 heterocycles. The number of fused-ring (bicyclic) bond motifs is 3. The van der Waals surface area contributed by atoms with Crippen LogP contribution >= 0.6 is 47.8 Å². The van der Waals surface area contributed by atoms with Crippen molar-refractivity contribution in [1.29, 1.82) is 0 Å². The van der Waals surface area contributed by atoms with E-state index in [0.717, 1.165) is 59.1 Å². The quantitative estimate of drug-likeness (QED) is 0.185. The number of amides is 3. The molecule has 6 nitrogen and oxygen atoms in total. The van der Waals surface area contributed by atoms with Gasteiger partial charge in [-0.25, -0.2) is 8.78 Å². The zero-order valence-electron chi connectivity index (χ0n) is 26.1. The lowest BCUT2D eigenvalue weighted by Crippen LogP contribution is -2.23. The molecule has 1 fully saturated rings. The average Bonchev–Trinajstić information content (AvgIpc) is 3.52. The molecule has 48 heavy (non-hydrogen) atoms. The standard InChI is InChI=1S/C14H14BrNO.C12H12BrNO.C11H8BrF2NO/c15-11-4-3-9-1-2-10(13(9)8-11)7-14(17)16-12-5-6-12;1-14-12(15)6-9-3-2-8-4-5-10(13)7-11(8)9;12-9-3-8-6(7(9)4-11(15)16)1-5(13)2-10(8)14/h3-4,7-8,12H,1-2,5-6H2,(H,16,17);4-7H,2-3H2,1H3,(H,14,15);1-2,4,9H,3H2,(H2,15,16)/b10-7+;9-6+;7-4-. The number of hydrogen-bond donors (Lipinski definition) is 3. The van der Waals surface area contributed by atoms with Gasteiger partial charge in [-0.3, -0.25) is 14.4 Å². The summed E-state index contributed by atoms with van der Waals surface area (Å²) in [5.41, 5.74) is 13.8. The lowest BCUT2D eigenvalue weighted by atomic mass is 10.1. The normalized spacial score (nSPS) is 19.5. The first-order valence-electron chi connectivity index (χ1n) is 15.6. The van der Waals surface area contributed by atoms with E-state index in [1.54, 1.807) is 19.2 Å². The molecular formula is C37H34Br3F2N3O3. The first-order valence-corrected chi connectivity index (χ1v) is 18.1. The molecule has 0 aromatic heterocycles. The van der Waals surface area contributed by atoms with E-state index in [-0.39, 0.29) is 16.6 Å². The molecule has 4 N–H and O–H groups in total. The number of rotatable bonds is 4. The van der Waals surface area contributed by atoms with Crippen molar-refractivity contribution in [3.05, 3.63) is 121 Å². The zero-order chi connectivity index (χ0) is 34.5. The van der Waals surface area contributed by atoms with E-state index < -0.39 is 17.5 Å². The molecule has 0 aliphatic heterocycles. The SMILES string of the molecule is CNC(=O)/C=C1\CCc2ccc(Br)cc21.NC(=O)/C=C1/c2cc(F)cc(F)c2CC1Br.O=C(/C=C1\CCc2ccc(Br)cc21)NC1CC1. The molecule has 11 heteroatoms. The molecule has 0 saturated heterocycles. The first-order chi connectivity index (χ1) is 22.9. The Bertz CT molecular complexity index is 1870. The van der Waals surface area contributed by atoms with Crippen molar-refractivity contribution < 1.29 is 23.2 Å². The topological polar surface area (TPSA) is 101 Å². The summed E-state index contributed by atoms with van der Waals surface area (Å²) in [6.45, 7) is 0. The molecule has 3 aromatic rings. The van der Waals surface area contributed by atoms with Crippen LogP contribution in [-0.2, 0) is 33.6 Å². The van der Waals surface area contributed by atoms with Crippen molar-refractivity contribution in [3.8, 4) is 0 Å². The van der Waals surface area contributed by atoms with E-state index >= 15 is 0 Å². The Labute approximate surface area is 303 Å². The Hall–Kier alpha value is -3.41. The van der Waals surface area contributed by atoms with E-state index in [9.17, 15) is 23.2 Å². The summed E-state index contributed by atoms with van der Waals surface area (Å²) in [6, 6.07) is 15.0. The number of allylic oxidation sites excluding steroid dienone is 3. The first kappa shape index (κ1) is 35.9. The van der Waals surface area contributed by atoms with E-state index in [4.69, 9.17) is 5.73 Å². The Balaban J connectivity index is 0.000000141. The minimum absolute atomic E-state index is 0.0298. The molecular weight excluding hydrogens is 812 g/mol. The minimum Gasteiger partial charge on any atom is -0.366 e. The van der Waals surface area contributed by atoms with Gasteiger partial charge in [-0.05, 0) is 125 Å². The van der Waals surface area contributed by atoms with Crippen LogP contribution < -0.4 is 16.4 Å². The van der Waals surface area contributed by atoms with Crippen LogP contribution in [0.3, 0.4) is 0 Å². The third-order valence-electron chi connectivity index (χ3n) is 8.43. The van der Waals surface area contributed by atoms with Gasteiger partial charge < -0.3 is 16.4 Å². The number of carbonyl (C=O) groups is 3. The number of benzene rings is 3. The highest BCUT2D eigenvalue weighted by Gasteiger charge is 2.29. The van der Waals surface area contributed by atoms with E-state index in [0.29, 0.717) is 29.2 Å². The predicted octanol–water partition coefficient (Wildman–Crippen LogP) is 7.74. The molecule has 3 aromatic carbocycles. The number of aryl methyl sites for hydroxylation is 2. The van der Waals surface area contributed by atoms with Gasteiger partial charge in [0, 0.05) is 51.2 Å². The third kappa shape index (κ3) is 9.18. The van der Waals surface area contributed by atoms with Crippen molar-refractivity contribution in [1.82, 2.24) is 10.6 Å². The number of carbonyl (C=O) groups excluding carboxylic acids is 3. The van der Waals surface area contributed by atoms with E-state index in [1.807, 2.05) is 6.07 Å². The number of nitrogens with one attached hydrogen (secondary N) is 2. The molecule has 1 saturated carbocycles. The zero-order valence-corrected chi connectivity index (χ0v) is 30.9. The minimum atomic E-state index is -0.659. The molecule has 4 aliphatic rings. The van der Waals surface area contributed by atoms with Gasteiger partial charge in [0.2, 0.25) is 17.7 Å². The smallest absolute Gasteiger partial charge is 0.244 e. The lowest BCUT2D eigenvalue weighted by molar-refractivity contribution is -0.117. The largest absolute Gasteiger partial charge is 0.366 e. The monoisotopic (exact) mass is 843 g/mol. The van der Waals surface area contributed by atoms with Gasteiger partial charge in [0.1, 0.15) is 11.6 Å². The lowest BCUT2D eigenvalue weighted by Gasteiger charge is -2.03. The van der Waals surface area contributed by atoms with Crippen LogP contribution in [0.2, 0.25) is 0 Å². The van der Waals surface area contributed by atoms with Crippen LogP contribution in [0.15, 0.2) is 75.7 Å². The maximum absolute atomic E-state index is 13.4. The van der Waals surface area contributed by atoms with Gasteiger partial charge in [0.05, 0.1) is 0 Å². The predicted molar refractivity (Wildman–Crippen MR) is 196 cm³/mol. The summed E-state index contributed by atoms with van der Waals surface area (Å²) < 4.78 is 28.6. The fraction of sp³-hybridized carbons (Fsp3) is 0.270. The average molecular weight is 846 g/mol. The van der Waals surface area contributed by atoms with Gasteiger partial charge in [0.15, 0.2) is 0 Å². The number of primary amides is 1. The Morgan fingerprint density at radius 3 is 1.88 bits per heavy atom. The molecule has 4 aliphatic carbocycles. The Kier molecular flexibility index (Phi) is 11.9. The van der Waals surface area contributed by atoms with Crippen LogP contribution in [0.1, 0.15) is 59.1 Å². The maximum atomic E-state index is 13.4. The van der Waals surface area contributed by atoms with Crippen LogP contribution in [0, 0.1) is 11.6 Å². The summed E-state index contributed by atoms with van der Waals surface area (Å²) in [6.07, 6.45) is 11.3. The van der Waals surface area contributed by atoms with Gasteiger partial charge in [-0.2, -0.15) is 0 Å². The number of alkyl halides is 1. The van der Waals surface area contributed by atoms with Gasteiger partial charge in [-0.15, -0.1) is 0 Å². The summed E-state index contributed by atoms with van der Waals surface area (Å²) in [7, 11) is 1.65. The molecule has 7 rings (SSSR count). The fourth-order valence-electron chi connectivity index (χ4n) is 5.95. The second-order valence-corrected chi connectivity index (χ2v) is 14.9. The van der Waals surface area contributed by atoms with Crippen LogP contribution in [0.5, 0.6) is 0 Å². The highest BCUT2D eigenvalue weighted by Crippen LogP contribution is 2.39. The Morgan fingerprint density at radius 2 is 1.35 bits per heavy atom. The van der Waals surface area contributed by atoms with Crippen molar-refractivity contribution in [2.75, 3.05) is 7.05 Å². The van der Waals surface area contributed by atoms with Crippen LogP contribution in [0.25, 0.3) is 16.7 Å². The van der Waals surface area contributed by atoms with Crippen molar-refractivity contribution in [3.63, 3.8) is 0 Å². The summed E-state index contributed by atoms with van der Waals surface area (Å²) in [5.74, 6) is -1.84. The van der Waals surface area contributed by atoms with E-state index in [1.165, 1.54) is 40.0 Å². The molecule has 1 atom stereocenters. The molecule has 0 spiro atoms. The summed E-state index contributed by atoms with van der Waals surface area (Å²) in [5, 5.41) is 5.61. The van der Waals surface area contributed by atoms with Crippen molar-refractivity contribution in [2.45, 2.75) is 55.8 Å². The molecule has 0 radical (unpaired) electrons. The highest BCUT2D eigenvalue weighted by molar-refractivity contribution is 9.10. The maximum Gasteiger partial charge on any atom is 0.244 e. The number of halogens is 5. The Morgan fingerprint density at radius 1 is 0.792 bits per heavy atom. The molecule has 3 amide bonds. The highest BCUT2D eigenvalue weighted by atomic mass is 79.9. The van der Waals surface area contributed by atoms with Crippen molar-refractivity contribution in [2.24, 2.45) is 5.73 Å². The summed E-state index contributed by atoms with van der Waals surface area (Å²) in [4.78, 5) is 33.6. The third-order valence-corrected chi connectivity index (χ3v) is 10.2. The van der Waals surface area contributed by atoms with Gasteiger partial charge >= 0.3 is 0 Å².